The van der Waals surface area contributed by atoms with Crippen LogP contribution in [0.2, 0.25) is 0 Å². The largest absolute Gasteiger partial charge is 0.573 e. The van der Waals surface area contributed by atoms with Crippen molar-refractivity contribution in [1.82, 2.24) is 14.5 Å². The van der Waals surface area contributed by atoms with Crippen molar-refractivity contribution in [3.8, 4) is 17.3 Å². The van der Waals surface area contributed by atoms with Crippen molar-refractivity contribution >= 4 is 17.5 Å². The minimum absolute atomic E-state index is 0.164. The number of anilines is 2. The van der Waals surface area contributed by atoms with Crippen LogP contribution in [0.4, 0.5) is 29.1 Å². The molecule has 33 heavy (non-hydrogen) atoms. The van der Waals surface area contributed by atoms with Crippen LogP contribution in [0.25, 0.3) is 5.82 Å². The van der Waals surface area contributed by atoms with Gasteiger partial charge in [0, 0.05) is 18.5 Å². The van der Waals surface area contributed by atoms with Crippen LogP contribution in [0.5, 0.6) is 11.5 Å². The first-order chi connectivity index (χ1) is 15.4. The van der Waals surface area contributed by atoms with Crippen molar-refractivity contribution in [2.45, 2.75) is 20.2 Å². The summed E-state index contributed by atoms with van der Waals surface area (Å²) in [5, 5.41) is 11.2. The van der Waals surface area contributed by atoms with E-state index >= 15 is 0 Å². The first-order valence-electron chi connectivity index (χ1n) is 9.18. The molecule has 174 valence electrons. The Morgan fingerprint density at radius 2 is 1.97 bits per heavy atom. The molecule has 2 aromatic heterocycles. The van der Waals surface area contributed by atoms with Gasteiger partial charge >= 0.3 is 12.3 Å². The predicted octanol–water partition coefficient (Wildman–Crippen LogP) is 3.49. The van der Waals surface area contributed by atoms with E-state index in [2.05, 4.69) is 20.0 Å². The van der Waals surface area contributed by atoms with Crippen LogP contribution < -0.4 is 20.3 Å². The maximum absolute atomic E-state index is 14.2. The number of aryl methyl sites for hydroxylation is 2. The van der Waals surface area contributed by atoms with E-state index in [1.165, 1.54) is 18.5 Å². The highest BCUT2D eigenvalue weighted by Gasteiger charge is 2.31. The van der Waals surface area contributed by atoms with E-state index in [9.17, 15) is 27.2 Å². The lowest BCUT2D eigenvalue weighted by atomic mass is 10.2. The maximum Gasteiger partial charge on any atom is 0.573 e. The van der Waals surface area contributed by atoms with Crippen LogP contribution in [-0.2, 0) is 4.79 Å². The zero-order valence-corrected chi connectivity index (χ0v) is 17.1. The van der Waals surface area contributed by atoms with Gasteiger partial charge in [0.2, 0.25) is 0 Å². The van der Waals surface area contributed by atoms with E-state index in [-0.39, 0.29) is 23.1 Å². The monoisotopic (exact) mass is 468 g/mol. The summed E-state index contributed by atoms with van der Waals surface area (Å²) >= 11 is 0. The van der Waals surface area contributed by atoms with Crippen LogP contribution in [0.15, 0.2) is 41.5 Å². The lowest BCUT2D eigenvalue weighted by Gasteiger charge is -2.14. The minimum atomic E-state index is -4.98. The topological polar surface area (TPSA) is 116 Å². The molecule has 0 amide bonds. The van der Waals surface area contributed by atoms with Crippen LogP contribution in [-0.4, -0.2) is 38.6 Å². The van der Waals surface area contributed by atoms with E-state index in [0.29, 0.717) is 17.3 Å². The Bertz CT molecular complexity index is 1240. The number of pyridine rings is 1. The lowest BCUT2D eigenvalue weighted by molar-refractivity contribution is -0.274. The second-order valence-electron chi connectivity index (χ2n) is 6.66. The molecule has 1 aromatic carbocycles. The van der Waals surface area contributed by atoms with Crippen LogP contribution in [0, 0.1) is 19.7 Å². The highest BCUT2D eigenvalue weighted by Crippen LogP contribution is 2.27. The van der Waals surface area contributed by atoms with Gasteiger partial charge in [-0.1, -0.05) is 0 Å². The second kappa shape index (κ2) is 9.14. The van der Waals surface area contributed by atoms with Gasteiger partial charge in [-0.15, -0.1) is 13.2 Å². The fourth-order valence-electron chi connectivity index (χ4n) is 2.87. The summed E-state index contributed by atoms with van der Waals surface area (Å²) in [4.78, 5) is 31.7. The number of halogens is 4. The second-order valence-corrected chi connectivity index (χ2v) is 6.66. The molecule has 2 heterocycles. The number of carboxylic acid groups (broad SMARTS) is 1. The number of aliphatic carboxylic acids is 1. The molecule has 0 unspecified atom stereocenters. The Labute approximate surface area is 183 Å². The number of alkyl halides is 3. The molecule has 0 aliphatic heterocycles. The molecule has 0 atom stereocenters. The third-order valence-corrected chi connectivity index (χ3v) is 4.17. The molecular formula is C20H16F4N4O5. The van der Waals surface area contributed by atoms with E-state index in [1.54, 1.807) is 13.8 Å². The van der Waals surface area contributed by atoms with Crippen molar-refractivity contribution in [2.24, 2.45) is 0 Å². The van der Waals surface area contributed by atoms with Gasteiger partial charge in [0.05, 0.1) is 11.4 Å². The number of hydrogen-bond acceptors (Lipinski definition) is 7. The number of nitrogens with one attached hydrogen (secondary N) is 1. The molecule has 9 nitrogen and oxygen atoms in total. The molecule has 3 aromatic rings. The number of aromatic nitrogens is 3. The average molecular weight is 468 g/mol. The van der Waals surface area contributed by atoms with Crippen molar-refractivity contribution in [2.75, 3.05) is 11.9 Å². The molecule has 0 saturated heterocycles. The summed E-state index contributed by atoms with van der Waals surface area (Å²) in [7, 11) is 0. The molecule has 0 fully saturated rings. The third kappa shape index (κ3) is 5.75. The highest BCUT2D eigenvalue weighted by atomic mass is 19.4. The molecular weight excluding hydrogens is 452 g/mol. The Morgan fingerprint density at radius 3 is 2.58 bits per heavy atom. The first-order valence-corrected chi connectivity index (χ1v) is 9.18. The van der Waals surface area contributed by atoms with Gasteiger partial charge in [-0.25, -0.2) is 19.2 Å². The summed E-state index contributed by atoms with van der Waals surface area (Å²) < 4.78 is 61.1. The quantitative estimate of drug-likeness (QED) is 0.507. The maximum atomic E-state index is 14.2. The van der Waals surface area contributed by atoms with Crippen LogP contribution in [0.3, 0.4) is 0 Å². The number of carboxylic acids is 1. The Balaban J connectivity index is 1.90. The third-order valence-electron chi connectivity index (χ3n) is 4.17. The average Bonchev–Trinajstić information content (AvgIpc) is 2.69. The Hall–Kier alpha value is -4.16. The normalized spacial score (nSPS) is 11.2. The molecule has 3 rings (SSSR count). The fraction of sp³-hybridized carbons (Fsp3) is 0.200. The fourth-order valence-corrected chi connectivity index (χ4v) is 2.87. The molecule has 2 N–H and O–H groups in total. The molecule has 0 spiro atoms. The predicted molar refractivity (Wildman–Crippen MR) is 107 cm³/mol. The van der Waals surface area contributed by atoms with Gasteiger partial charge in [-0.2, -0.15) is 0 Å². The summed E-state index contributed by atoms with van der Waals surface area (Å²) in [5.74, 6) is -2.92. The number of hydrogen-bond donors (Lipinski definition) is 2. The van der Waals surface area contributed by atoms with Crippen molar-refractivity contribution < 1.29 is 36.9 Å². The molecule has 0 saturated carbocycles. The van der Waals surface area contributed by atoms with E-state index < -0.39 is 36.1 Å². The summed E-state index contributed by atoms with van der Waals surface area (Å²) in [6.45, 7) is 2.64. The number of rotatable bonds is 7. The standard InChI is InChI=1S/C20H16F4N4O5/c1-10-7-15(26-11(2)17(10)32-9-16(29)30)28-6-5-25-18(19(28)31)27-14-4-3-12(8-13(14)21)33-20(22,23)24/h3-8H,9H2,1-2H3,(H,25,27)(H,29,30). The van der Waals surface area contributed by atoms with Gasteiger partial charge in [-0.05, 0) is 37.6 Å². The smallest absolute Gasteiger partial charge is 0.480 e. The number of benzene rings is 1. The minimum Gasteiger partial charge on any atom is -0.480 e. The zero-order valence-electron chi connectivity index (χ0n) is 17.1. The van der Waals surface area contributed by atoms with Crippen molar-refractivity contribution in [3.63, 3.8) is 0 Å². The Morgan fingerprint density at radius 1 is 1.24 bits per heavy atom. The SMILES string of the molecule is Cc1cc(-n2ccnc(Nc3ccc(OC(F)(F)F)cc3F)c2=O)nc(C)c1OCC(=O)O. The molecule has 0 aliphatic carbocycles. The highest BCUT2D eigenvalue weighted by molar-refractivity contribution is 5.68. The van der Waals surface area contributed by atoms with E-state index in [1.807, 2.05) is 0 Å². The number of carbonyl (C=O) groups is 1. The molecule has 13 heteroatoms. The number of nitrogens with zero attached hydrogens (tertiary/aromatic N) is 3. The van der Waals surface area contributed by atoms with Gasteiger partial charge < -0.3 is 19.9 Å². The zero-order chi connectivity index (χ0) is 24.3. The lowest BCUT2D eigenvalue weighted by Crippen LogP contribution is -2.23. The van der Waals surface area contributed by atoms with Gasteiger partial charge in [0.1, 0.15) is 23.1 Å². The summed E-state index contributed by atoms with van der Waals surface area (Å²) in [6, 6.07) is 3.85. The Kier molecular flexibility index (Phi) is 6.51. The van der Waals surface area contributed by atoms with Gasteiger partial charge in [0.15, 0.2) is 12.4 Å². The molecule has 0 aliphatic rings. The van der Waals surface area contributed by atoms with Gasteiger partial charge in [0.25, 0.3) is 5.56 Å². The van der Waals surface area contributed by atoms with E-state index in [4.69, 9.17) is 9.84 Å². The number of ether oxygens (including phenoxy) is 2. The van der Waals surface area contributed by atoms with Crippen molar-refractivity contribution in [3.05, 3.63) is 64.1 Å². The van der Waals surface area contributed by atoms with Crippen molar-refractivity contribution in [1.29, 1.82) is 0 Å². The van der Waals surface area contributed by atoms with Gasteiger partial charge in [-0.3, -0.25) is 9.36 Å². The summed E-state index contributed by atoms with van der Waals surface area (Å²) in [5.41, 5.74) is -0.179. The molecule has 0 radical (unpaired) electrons. The van der Waals surface area contributed by atoms with Crippen LogP contribution >= 0.6 is 0 Å². The molecule has 0 bridgehead atoms. The first kappa shape index (κ1) is 23.5. The van der Waals surface area contributed by atoms with Crippen LogP contribution in [0.1, 0.15) is 11.3 Å². The summed E-state index contributed by atoms with van der Waals surface area (Å²) in [6.07, 6.45) is -2.43. The van der Waals surface area contributed by atoms with E-state index in [0.717, 1.165) is 16.7 Å².